The third-order valence-corrected chi connectivity index (χ3v) is 4.91. The van der Waals surface area contributed by atoms with Crippen LogP contribution in [0.2, 0.25) is 5.15 Å². The summed E-state index contributed by atoms with van der Waals surface area (Å²) in [7, 11) is 0. The van der Waals surface area contributed by atoms with Gasteiger partial charge in [0.1, 0.15) is 10.0 Å². The second kappa shape index (κ2) is 3.86. The highest BCUT2D eigenvalue weighted by Gasteiger charge is 2.17. The van der Waals surface area contributed by atoms with Crippen molar-refractivity contribution in [1.29, 1.82) is 0 Å². The van der Waals surface area contributed by atoms with Crippen molar-refractivity contribution in [2.75, 3.05) is 0 Å². The van der Waals surface area contributed by atoms with Crippen LogP contribution in [0.15, 0.2) is 20.9 Å². The molecule has 74 valence electrons. The first-order valence-electron chi connectivity index (χ1n) is 3.44. The summed E-state index contributed by atoms with van der Waals surface area (Å²) in [6.45, 7) is 0. The molecule has 2 aromatic rings. The van der Waals surface area contributed by atoms with E-state index in [1.807, 2.05) is 0 Å². The predicted molar refractivity (Wildman–Crippen MR) is 61.4 cm³/mol. The molecule has 0 bridgehead atoms. The highest BCUT2D eigenvalue weighted by atomic mass is 79.9. The number of hydrogen-bond acceptors (Lipinski definition) is 3. The van der Waals surface area contributed by atoms with Crippen molar-refractivity contribution in [2.45, 2.75) is 4.90 Å². The number of pyridine rings is 1. The summed E-state index contributed by atoms with van der Waals surface area (Å²) < 4.78 is 21.6. The molecule has 0 amide bonds. The van der Waals surface area contributed by atoms with Gasteiger partial charge in [0.25, 0.3) is 0 Å². The zero-order chi connectivity index (χ0) is 10.3. The Balaban J connectivity index is 2.93. The van der Waals surface area contributed by atoms with E-state index in [2.05, 4.69) is 20.9 Å². The van der Waals surface area contributed by atoms with Crippen molar-refractivity contribution in [1.82, 2.24) is 4.98 Å². The molecule has 0 aliphatic heterocycles. The van der Waals surface area contributed by atoms with Crippen LogP contribution in [0.25, 0.3) is 10.1 Å². The Hall–Kier alpha value is -0.0100. The van der Waals surface area contributed by atoms with Gasteiger partial charge in [0.15, 0.2) is 11.1 Å². The Labute approximate surface area is 99.5 Å². The second-order valence-corrected chi connectivity index (χ2v) is 6.06. The fraction of sp³-hybridized carbons (Fsp3) is 0. The summed E-state index contributed by atoms with van der Waals surface area (Å²) in [4.78, 5) is 4.16. The van der Waals surface area contributed by atoms with Gasteiger partial charge in [-0.25, -0.2) is 9.19 Å². The molecule has 0 aliphatic rings. The minimum atomic E-state index is -2.06. The van der Waals surface area contributed by atoms with Gasteiger partial charge in [0, 0.05) is 16.3 Å². The maximum atomic E-state index is 11.1. The molecule has 0 saturated heterocycles. The van der Waals surface area contributed by atoms with Crippen LogP contribution in [-0.2, 0) is 11.1 Å². The van der Waals surface area contributed by atoms with E-state index in [9.17, 15) is 4.21 Å². The summed E-state index contributed by atoms with van der Waals surface area (Å²) in [5.41, 5.74) is 0. The van der Waals surface area contributed by atoms with Crippen molar-refractivity contribution in [3.05, 3.63) is 21.2 Å². The predicted octanol–water partition coefficient (Wildman–Crippen LogP) is 3.29. The van der Waals surface area contributed by atoms with Gasteiger partial charge in [0.05, 0.1) is 3.79 Å². The van der Waals surface area contributed by atoms with Crippen LogP contribution >= 0.6 is 38.9 Å². The molecule has 0 saturated carbocycles. The minimum Gasteiger partial charge on any atom is -0.302 e. The molecule has 7 heteroatoms. The van der Waals surface area contributed by atoms with E-state index in [4.69, 9.17) is 16.2 Å². The SMILES string of the molecule is O=S(O)c1c(Br)sc2ccnc(Cl)c12. The van der Waals surface area contributed by atoms with Crippen molar-refractivity contribution in [3.8, 4) is 0 Å². The summed E-state index contributed by atoms with van der Waals surface area (Å²) in [5.74, 6) is 0. The first kappa shape index (κ1) is 10.5. The Bertz CT molecular complexity index is 528. The van der Waals surface area contributed by atoms with Crippen LogP contribution in [0.3, 0.4) is 0 Å². The van der Waals surface area contributed by atoms with Crippen LogP contribution in [0.1, 0.15) is 0 Å². The van der Waals surface area contributed by atoms with Crippen LogP contribution in [0.4, 0.5) is 0 Å². The molecular formula is C7H3BrClNO2S2. The summed E-state index contributed by atoms with van der Waals surface area (Å²) in [6.07, 6.45) is 1.57. The molecule has 3 nitrogen and oxygen atoms in total. The van der Waals surface area contributed by atoms with E-state index in [0.717, 1.165) is 4.70 Å². The number of nitrogens with zero attached hydrogens (tertiary/aromatic N) is 1. The monoisotopic (exact) mass is 311 g/mol. The maximum Gasteiger partial charge on any atom is 0.189 e. The van der Waals surface area contributed by atoms with Crippen molar-refractivity contribution < 1.29 is 8.76 Å². The lowest BCUT2D eigenvalue weighted by Gasteiger charge is -1.95. The van der Waals surface area contributed by atoms with Crippen molar-refractivity contribution >= 4 is 60.0 Å². The highest BCUT2D eigenvalue weighted by Crippen LogP contribution is 2.39. The van der Waals surface area contributed by atoms with Gasteiger partial charge >= 0.3 is 0 Å². The number of thiophene rings is 1. The molecule has 14 heavy (non-hydrogen) atoms. The number of fused-ring (bicyclic) bond motifs is 1. The van der Waals surface area contributed by atoms with Gasteiger partial charge in [-0.15, -0.1) is 11.3 Å². The fourth-order valence-electron chi connectivity index (χ4n) is 1.11. The zero-order valence-electron chi connectivity index (χ0n) is 6.53. The quantitative estimate of drug-likeness (QED) is 0.649. The Morgan fingerprint density at radius 2 is 2.36 bits per heavy atom. The largest absolute Gasteiger partial charge is 0.302 e. The lowest BCUT2D eigenvalue weighted by atomic mass is 10.3. The minimum absolute atomic E-state index is 0.252. The Morgan fingerprint density at radius 3 is 3.00 bits per heavy atom. The lowest BCUT2D eigenvalue weighted by Crippen LogP contribution is -1.88. The fourth-order valence-corrected chi connectivity index (χ4v) is 4.35. The van der Waals surface area contributed by atoms with Gasteiger partial charge in [0.2, 0.25) is 0 Å². The molecule has 2 aromatic heterocycles. The first-order valence-corrected chi connectivity index (χ1v) is 6.54. The summed E-state index contributed by atoms with van der Waals surface area (Å²) in [6, 6.07) is 1.76. The molecular weight excluding hydrogens is 310 g/mol. The maximum absolute atomic E-state index is 11.1. The van der Waals surface area contributed by atoms with E-state index in [0.29, 0.717) is 14.1 Å². The highest BCUT2D eigenvalue weighted by molar-refractivity contribution is 9.11. The zero-order valence-corrected chi connectivity index (χ0v) is 10.5. The Kier molecular flexibility index (Phi) is 2.90. The average Bonchev–Trinajstić information content (AvgIpc) is 2.42. The molecule has 0 aliphatic carbocycles. The molecule has 0 fully saturated rings. The average molecular weight is 313 g/mol. The number of rotatable bonds is 1. The molecule has 1 atom stereocenters. The number of halogens is 2. The normalized spacial score (nSPS) is 13.4. The van der Waals surface area contributed by atoms with Crippen molar-refractivity contribution in [3.63, 3.8) is 0 Å². The second-order valence-electron chi connectivity index (χ2n) is 2.43. The van der Waals surface area contributed by atoms with E-state index < -0.39 is 11.1 Å². The molecule has 2 rings (SSSR count). The van der Waals surface area contributed by atoms with Crippen LogP contribution in [0, 0.1) is 0 Å². The third-order valence-electron chi connectivity index (χ3n) is 1.65. The topological polar surface area (TPSA) is 50.2 Å². The van der Waals surface area contributed by atoms with E-state index in [-0.39, 0.29) is 5.15 Å². The van der Waals surface area contributed by atoms with Gasteiger partial charge in [-0.1, -0.05) is 11.6 Å². The number of aromatic nitrogens is 1. The molecule has 2 heterocycles. The molecule has 1 N–H and O–H groups in total. The van der Waals surface area contributed by atoms with E-state index in [1.54, 1.807) is 12.3 Å². The van der Waals surface area contributed by atoms with Crippen LogP contribution < -0.4 is 0 Å². The third kappa shape index (κ3) is 1.61. The van der Waals surface area contributed by atoms with Gasteiger partial charge in [-0.05, 0) is 22.0 Å². The van der Waals surface area contributed by atoms with Crippen LogP contribution in [-0.4, -0.2) is 13.7 Å². The summed E-state index contributed by atoms with van der Waals surface area (Å²) >= 11 is 8.38. The van der Waals surface area contributed by atoms with E-state index >= 15 is 0 Å². The van der Waals surface area contributed by atoms with E-state index in [1.165, 1.54) is 11.3 Å². The smallest absolute Gasteiger partial charge is 0.189 e. The molecule has 0 radical (unpaired) electrons. The standard InChI is InChI=1S/C7H3BrClNO2S2/c8-6-5(14(11)12)4-3(13-6)1-2-10-7(4)9/h1-2H,(H,11,12). The molecule has 1 unspecified atom stereocenters. The number of hydrogen-bond donors (Lipinski definition) is 1. The summed E-state index contributed by atoms with van der Waals surface area (Å²) in [5, 5.41) is 0.800. The molecule has 0 spiro atoms. The first-order chi connectivity index (χ1) is 6.61. The Morgan fingerprint density at radius 1 is 1.64 bits per heavy atom. The van der Waals surface area contributed by atoms with Gasteiger partial charge < -0.3 is 4.55 Å². The van der Waals surface area contributed by atoms with Crippen LogP contribution in [0.5, 0.6) is 0 Å². The van der Waals surface area contributed by atoms with Gasteiger partial charge in [-0.3, -0.25) is 0 Å². The van der Waals surface area contributed by atoms with Crippen molar-refractivity contribution in [2.24, 2.45) is 0 Å². The molecule has 0 aromatic carbocycles. The van der Waals surface area contributed by atoms with Gasteiger partial charge in [-0.2, -0.15) is 0 Å². The lowest BCUT2D eigenvalue weighted by molar-refractivity contribution is 0.565.